The second-order valence-corrected chi connectivity index (χ2v) is 4.99. The van der Waals surface area contributed by atoms with E-state index in [1.165, 1.54) is 24.4 Å². The molecule has 1 aliphatic heterocycles. The third kappa shape index (κ3) is 3.74. The lowest BCUT2D eigenvalue weighted by atomic mass is 10.1. The molecule has 0 amide bonds. The topological polar surface area (TPSA) is 65.1 Å². The number of anilines is 1. The van der Waals surface area contributed by atoms with Gasteiger partial charge in [-0.1, -0.05) is 6.08 Å². The minimum absolute atomic E-state index is 0.0368. The van der Waals surface area contributed by atoms with E-state index in [4.69, 9.17) is 9.47 Å². The van der Waals surface area contributed by atoms with Crippen molar-refractivity contribution in [2.24, 2.45) is 0 Å². The average molecular weight is 365 g/mol. The summed E-state index contributed by atoms with van der Waals surface area (Å²) in [5.41, 5.74) is -0.406. The molecule has 0 fully saturated rings. The molecule has 0 atom stereocenters. The maximum atomic E-state index is 14.2. The van der Waals surface area contributed by atoms with Crippen molar-refractivity contribution in [3.05, 3.63) is 59.5 Å². The Bertz CT molecular complexity index is 791. The van der Waals surface area contributed by atoms with E-state index in [1.54, 1.807) is 6.92 Å². The first-order valence-corrected chi connectivity index (χ1v) is 7.61. The van der Waals surface area contributed by atoms with Crippen LogP contribution in [0, 0.1) is 11.6 Å². The molecule has 0 N–H and O–H groups in total. The zero-order valence-electron chi connectivity index (χ0n) is 14.4. The molecule has 8 heteroatoms. The number of hydrogen-bond donors (Lipinski definition) is 0. The summed E-state index contributed by atoms with van der Waals surface area (Å²) in [5, 5.41) is 0. The third-order valence-electron chi connectivity index (χ3n) is 3.44. The largest absolute Gasteiger partial charge is 0.488 e. The highest BCUT2D eigenvalue weighted by Crippen LogP contribution is 2.32. The second kappa shape index (κ2) is 8.28. The number of benzene rings is 1. The smallest absolute Gasteiger partial charge is 0.355 e. The van der Waals surface area contributed by atoms with Crippen molar-refractivity contribution in [3.63, 3.8) is 0 Å². The number of hydrogen-bond acceptors (Lipinski definition) is 6. The molecule has 26 heavy (non-hydrogen) atoms. The van der Waals surface area contributed by atoms with Gasteiger partial charge in [-0.05, 0) is 19.1 Å². The second-order valence-electron chi connectivity index (χ2n) is 4.99. The fourth-order valence-electron chi connectivity index (χ4n) is 2.33. The molecule has 1 aliphatic rings. The summed E-state index contributed by atoms with van der Waals surface area (Å²) in [7, 11) is 2.27. The molecule has 0 spiro atoms. The Morgan fingerprint density at radius 1 is 1.04 bits per heavy atom. The van der Waals surface area contributed by atoms with Gasteiger partial charge in [0.05, 0.1) is 32.1 Å². The zero-order chi connectivity index (χ0) is 19.3. The van der Waals surface area contributed by atoms with Crippen LogP contribution in [0.25, 0.3) is 0 Å². The van der Waals surface area contributed by atoms with Crippen molar-refractivity contribution < 1.29 is 32.6 Å². The van der Waals surface area contributed by atoms with Crippen molar-refractivity contribution in [2.75, 3.05) is 25.7 Å². The zero-order valence-corrected chi connectivity index (χ0v) is 14.4. The summed E-state index contributed by atoms with van der Waals surface area (Å²) in [6.07, 6.45) is 5.69. The monoisotopic (exact) mass is 365 g/mol. The molecule has 0 saturated heterocycles. The van der Waals surface area contributed by atoms with Crippen LogP contribution in [0.15, 0.2) is 47.8 Å². The van der Waals surface area contributed by atoms with E-state index < -0.39 is 29.3 Å². The Hall–Kier alpha value is -3.16. The van der Waals surface area contributed by atoms with Gasteiger partial charge in [0.1, 0.15) is 5.70 Å². The average Bonchev–Trinajstić information content (AvgIpc) is 2.86. The van der Waals surface area contributed by atoms with Gasteiger partial charge in [0.25, 0.3) is 0 Å². The van der Waals surface area contributed by atoms with Gasteiger partial charge >= 0.3 is 11.9 Å². The standard InChI is InChI=1S/C18H17F2NO5/c1-4-26-16-13(19)9-11(10-14(16)20)21-8-6-5-7-12(17(22)24-2)15(21)18(23)25-3/h5-10H,4H2,1-3H3. The molecule has 1 aromatic rings. The predicted molar refractivity (Wildman–Crippen MR) is 89.3 cm³/mol. The van der Waals surface area contributed by atoms with Gasteiger partial charge in [0, 0.05) is 18.3 Å². The van der Waals surface area contributed by atoms with Crippen molar-refractivity contribution in [3.8, 4) is 5.75 Å². The molecule has 0 bridgehead atoms. The van der Waals surface area contributed by atoms with Crippen LogP contribution in [0.5, 0.6) is 5.75 Å². The lowest BCUT2D eigenvalue weighted by molar-refractivity contribution is -0.139. The molecule has 0 unspecified atom stereocenters. The lowest BCUT2D eigenvalue weighted by Gasteiger charge is -2.23. The summed E-state index contributed by atoms with van der Waals surface area (Å²) >= 11 is 0. The van der Waals surface area contributed by atoms with E-state index in [2.05, 4.69) is 4.74 Å². The van der Waals surface area contributed by atoms with E-state index in [-0.39, 0.29) is 23.6 Å². The van der Waals surface area contributed by atoms with Gasteiger partial charge < -0.3 is 19.1 Å². The molecule has 0 aliphatic carbocycles. The van der Waals surface area contributed by atoms with Crippen LogP contribution in [-0.4, -0.2) is 32.8 Å². The van der Waals surface area contributed by atoms with Crippen molar-refractivity contribution >= 4 is 17.6 Å². The number of ether oxygens (including phenoxy) is 3. The first-order valence-electron chi connectivity index (χ1n) is 7.61. The van der Waals surface area contributed by atoms with Crippen LogP contribution in [0.1, 0.15) is 6.92 Å². The molecule has 1 aromatic carbocycles. The SMILES string of the molecule is CCOc1c(F)cc(N2C=CC=CC(C(=O)OC)=C2C(=O)OC)cc1F. The fourth-order valence-corrected chi connectivity index (χ4v) is 2.33. The highest BCUT2D eigenvalue weighted by molar-refractivity contribution is 6.05. The van der Waals surface area contributed by atoms with Crippen LogP contribution in [-0.2, 0) is 19.1 Å². The Kier molecular flexibility index (Phi) is 6.11. The summed E-state index contributed by atoms with van der Waals surface area (Å²) in [6.45, 7) is 1.68. The number of carbonyl (C=O) groups excluding carboxylic acids is 2. The first kappa shape index (κ1) is 19.2. The Labute approximate surface area is 148 Å². The molecule has 0 radical (unpaired) electrons. The fraction of sp³-hybridized carbons (Fsp3) is 0.222. The number of carbonyl (C=O) groups is 2. The van der Waals surface area contributed by atoms with Gasteiger partial charge in [-0.3, -0.25) is 0 Å². The summed E-state index contributed by atoms with van der Waals surface area (Å²) in [5.74, 6) is -4.10. The maximum absolute atomic E-state index is 14.2. The van der Waals surface area contributed by atoms with Crippen molar-refractivity contribution in [1.82, 2.24) is 0 Å². The van der Waals surface area contributed by atoms with E-state index in [1.807, 2.05) is 0 Å². The summed E-state index contributed by atoms with van der Waals surface area (Å²) in [6, 6.07) is 1.98. The highest BCUT2D eigenvalue weighted by Gasteiger charge is 2.28. The molecule has 6 nitrogen and oxygen atoms in total. The molecule has 138 valence electrons. The Balaban J connectivity index is 2.65. The van der Waals surface area contributed by atoms with E-state index in [0.29, 0.717) is 0 Å². The van der Waals surface area contributed by atoms with Crippen LogP contribution >= 0.6 is 0 Å². The molecule has 1 heterocycles. The minimum atomic E-state index is -0.948. The van der Waals surface area contributed by atoms with Crippen LogP contribution in [0.2, 0.25) is 0 Å². The van der Waals surface area contributed by atoms with E-state index in [9.17, 15) is 18.4 Å². The van der Waals surface area contributed by atoms with Crippen LogP contribution in [0.4, 0.5) is 14.5 Å². The normalized spacial score (nSPS) is 13.5. The number of esters is 2. The van der Waals surface area contributed by atoms with E-state index in [0.717, 1.165) is 31.3 Å². The molecular weight excluding hydrogens is 348 g/mol. The van der Waals surface area contributed by atoms with Crippen molar-refractivity contribution in [1.29, 1.82) is 0 Å². The number of allylic oxidation sites excluding steroid dienone is 2. The minimum Gasteiger partial charge on any atom is -0.488 e. The first-order chi connectivity index (χ1) is 12.4. The highest BCUT2D eigenvalue weighted by atomic mass is 19.1. The van der Waals surface area contributed by atoms with E-state index >= 15 is 0 Å². The molecular formula is C18H17F2NO5. The third-order valence-corrected chi connectivity index (χ3v) is 3.44. The Morgan fingerprint density at radius 3 is 2.19 bits per heavy atom. The predicted octanol–water partition coefficient (Wildman–Crippen LogP) is 2.85. The van der Waals surface area contributed by atoms with Crippen LogP contribution < -0.4 is 9.64 Å². The number of halogens is 2. The summed E-state index contributed by atoms with van der Waals surface area (Å²) < 4.78 is 42.8. The van der Waals surface area contributed by atoms with Crippen LogP contribution in [0.3, 0.4) is 0 Å². The van der Waals surface area contributed by atoms with Gasteiger partial charge in [-0.2, -0.15) is 0 Å². The van der Waals surface area contributed by atoms with Crippen molar-refractivity contribution in [2.45, 2.75) is 6.92 Å². The van der Waals surface area contributed by atoms with Gasteiger partial charge in [-0.15, -0.1) is 0 Å². The van der Waals surface area contributed by atoms with Gasteiger partial charge in [-0.25, -0.2) is 18.4 Å². The number of rotatable bonds is 5. The molecule has 2 rings (SSSR count). The summed E-state index contributed by atoms with van der Waals surface area (Å²) in [4.78, 5) is 25.4. The quantitative estimate of drug-likeness (QED) is 0.748. The maximum Gasteiger partial charge on any atom is 0.355 e. The Morgan fingerprint density at radius 2 is 1.65 bits per heavy atom. The number of methoxy groups -OCH3 is 2. The molecule has 0 aromatic heterocycles. The lowest BCUT2D eigenvalue weighted by Crippen LogP contribution is -2.27. The number of nitrogens with zero attached hydrogens (tertiary/aromatic N) is 1. The van der Waals surface area contributed by atoms with Gasteiger partial charge in [0.15, 0.2) is 17.4 Å². The van der Waals surface area contributed by atoms with Gasteiger partial charge in [0.2, 0.25) is 0 Å². The molecule has 0 saturated carbocycles.